The number of piperidine rings is 1. The molecule has 1 aliphatic heterocycles. The minimum atomic E-state index is -0.132. The predicted molar refractivity (Wildman–Crippen MR) is 57.2 cm³/mol. The van der Waals surface area contributed by atoms with Crippen LogP contribution in [0.5, 0.6) is 0 Å². The summed E-state index contributed by atoms with van der Waals surface area (Å²) in [7, 11) is 0. The highest BCUT2D eigenvalue weighted by molar-refractivity contribution is 5.90. The van der Waals surface area contributed by atoms with E-state index in [4.69, 9.17) is 0 Å². The van der Waals surface area contributed by atoms with Gasteiger partial charge >= 0.3 is 0 Å². The quantitative estimate of drug-likeness (QED) is 0.690. The summed E-state index contributed by atoms with van der Waals surface area (Å²) in [6.45, 7) is 8.63. The Balaban J connectivity index is 2.22. The highest BCUT2D eigenvalue weighted by atomic mass is 16.2. The summed E-state index contributed by atoms with van der Waals surface area (Å²) in [6, 6.07) is -0.132. The first-order chi connectivity index (χ1) is 6.91. The van der Waals surface area contributed by atoms with Crippen molar-refractivity contribution >= 4 is 11.7 Å². The van der Waals surface area contributed by atoms with Crippen LogP contribution in [0.1, 0.15) is 34.1 Å². The zero-order valence-corrected chi connectivity index (χ0v) is 9.91. The molecular weight excluding hydrogens is 190 g/mol. The first-order valence-corrected chi connectivity index (χ1v) is 5.71. The smallest absolute Gasteiger partial charge is 0.220 e. The van der Waals surface area contributed by atoms with Gasteiger partial charge in [-0.25, -0.2) is 0 Å². The van der Waals surface area contributed by atoms with Crippen LogP contribution in [0.15, 0.2) is 0 Å². The standard InChI is InChI=1S/C12H19NO2/c1-5-9(15)11-10-8(12(10,3)4)6-13(11)7(2)14/h8,10-11H,5-6H2,1-4H3/t8?,10?,11-/m1/s1. The van der Waals surface area contributed by atoms with Gasteiger partial charge in [0.25, 0.3) is 0 Å². The number of nitrogens with zero attached hydrogens (tertiary/aromatic N) is 1. The lowest BCUT2D eigenvalue weighted by Crippen LogP contribution is -2.44. The highest BCUT2D eigenvalue weighted by Gasteiger charge is 2.68. The largest absolute Gasteiger partial charge is 0.332 e. The molecular formula is C12H19NO2. The summed E-state index contributed by atoms with van der Waals surface area (Å²) in [6.07, 6.45) is 0.535. The molecule has 0 aromatic carbocycles. The molecule has 2 rings (SSSR count). The molecule has 1 aliphatic carbocycles. The topological polar surface area (TPSA) is 37.4 Å². The molecule has 0 aromatic heterocycles. The lowest BCUT2D eigenvalue weighted by atomic mass is 9.97. The van der Waals surface area contributed by atoms with E-state index in [-0.39, 0.29) is 23.1 Å². The van der Waals surface area contributed by atoms with Gasteiger partial charge in [-0.1, -0.05) is 20.8 Å². The Hall–Kier alpha value is -0.860. The van der Waals surface area contributed by atoms with Gasteiger partial charge in [0, 0.05) is 19.9 Å². The van der Waals surface area contributed by atoms with E-state index in [1.54, 1.807) is 11.8 Å². The van der Waals surface area contributed by atoms with Gasteiger partial charge in [0.1, 0.15) is 0 Å². The van der Waals surface area contributed by atoms with Crippen molar-refractivity contribution in [3.8, 4) is 0 Å². The molecule has 0 aromatic rings. The van der Waals surface area contributed by atoms with Gasteiger partial charge in [-0.3, -0.25) is 9.59 Å². The number of Topliss-reactive ketones (excluding diaryl/α,β-unsaturated/α-hetero) is 1. The number of carbonyl (C=O) groups is 2. The van der Waals surface area contributed by atoms with Crippen LogP contribution in [0.3, 0.4) is 0 Å². The fourth-order valence-electron chi connectivity index (χ4n) is 3.19. The lowest BCUT2D eigenvalue weighted by Gasteiger charge is -2.28. The molecule has 3 atom stereocenters. The normalized spacial score (nSPS) is 36.3. The molecule has 2 unspecified atom stereocenters. The van der Waals surface area contributed by atoms with Crippen LogP contribution in [0, 0.1) is 17.3 Å². The van der Waals surface area contributed by atoms with E-state index >= 15 is 0 Å². The minimum Gasteiger partial charge on any atom is -0.332 e. The van der Waals surface area contributed by atoms with E-state index in [1.165, 1.54) is 0 Å². The van der Waals surface area contributed by atoms with Crippen LogP contribution in [0.2, 0.25) is 0 Å². The molecule has 2 aliphatic rings. The van der Waals surface area contributed by atoms with Gasteiger partial charge in [-0.05, 0) is 17.3 Å². The Labute approximate surface area is 90.8 Å². The van der Waals surface area contributed by atoms with Crippen LogP contribution >= 0.6 is 0 Å². The van der Waals surface area contributed by atoms with Gasteiger partial charge in [0.05, 0.1) is 6.04 Å². The van der Waals surface area contributed by atoms with Crippen LogP contribution in [0.4, 0.5) is 0 Å². The predicted octanol–water partition coefficient (Wildman–Crippen LogP) is 1.47. The Kier molecular flexibility index (Phi) is 2.18. The van der Waals surface area contributed by atoms with Crippen molar-refractivity contribution < 1.29 is 9.59 Å². The molecule has 84 valence electrons. The summed E-state index contributed by atoms with van der Waals surface area (Å²) < 4.78 is 0. The second-order valence-corrected chi connectivity index (χ2v) is 5.39. The molecule has 0 bridgehead atoms. The van der Waals surface area contributed by atoms with Crippen molar-refractivity contribution in [1.29, 1.82) is 0 Å². The molecule has 15 heavy (non-hydrogen) atoms. The van der Waals surface area contributed by atoms with Crippen LogP contribution in [-0.2, 0) is 9.59 Å². The summed E-state index contributed by atoms with van der Waals surface area (Å²) in [4.78, 5) is 25.1. The van der Waals surface area contributed by atoms with Crippen molar-refractivity contribution in [2.45, 2.75) is 40.2 Å². The average molecular weight is 209 g/mol. The molecule has 2 fully saturated rings. The first kappa shape index (κ1) is 10.7. The molecule has 0 spiro atoms. The Bertz CT molecular complexity index is 322. The van der Waals surface area contributed by atoms with Crippen LogP contribution in [0.25, 0.3) is 0 Å². The number of ketones is 1. The SMILES string of the molecule is CCC(=O)[C@@H]1C2C(CN1C(C)=O)C2(C)C. The average Bonchev–Trinajstić information content (AvgIpc) is 2.60. The number of likely N-dealkylation sites (tertiary alicyclic amines) is 1. The third kappa shape index (κ3) is 1.32. The maximum absolute atomic E-state index is 11.9. The zero-order valence-electron chi connectivity index (χ0n) is 9.91. The maximum atomic E-state index is 11.9. The number of carbonyl (C=O) groups excluding carboxylic acids is 2. The number of amides is 1. The number of hydrogen-bond donors (Lipinski definition) is 0. The molecule has 3 heteroatoms. The fourth-order valence-corrected chi connectivity index (χ4v) is 3.19. The van der Waals surface area contributed by atoms with Crippen LogP contribution in [-0.4, -0.2) is 29.2 Å². The van der Waals surface area contributed by atoms with Crippen molar-refractivity contribution in [2.24, 2.45) is 17.3 Å². The molecule has 1 saturated heterocycles. The fraction of sp³-hybridized carbons (Fsp3) is 0.833. The summed E-state index contributed by atoms with van der Waals surface area (Å²) in [5.41, 5.74) is 0.265. The van der Waals surface area contributed by atoms with Gasteiger partial charge in [-0.2, -0.15) is 0 Å². The highest BCUT2D eigenvalue weighted by Crippen LogP contribution is 2.65. The Morgan fingerprint density at radius 2 is 2.00 bits per heavy atom. The summed E-state index contributed by atoms with van der Waals surface area (Å²) in [5, 5.41) is 0. The third-order valence-corrected chi connectivity index (χ3v) is 4.29. The van der Waals surface area contributed by atoms with E-state index in [9.17, 15) is 9.59 Å². The molecule has 1 saturated carbocycles. The van der Waals surface area contributed by atoms with Gasteiger partial charge < -0.3 is 4.90 Å². The van der Waals surface area contributed by atoms with Crippen molar-refractivity contribution in [3.63, 3.8) is 0 Å². The van der Waals surface area contributed by atoms with Crippen molar-refractivity contribution in [1.82, 2.24) is 4.90 Å². The van der Waals surface area contributed by atoms with Gasteiger partial charge in [0.15, 0.2) is 5.78 Å². The van der Waals surface area contributed by atoms with E-state index in [0.29, 0.717) is 18.3 Å². The maximum Gasteiger partial charge on any atom is 0.220 e. The minimum absolute atomic E-state index is 0.0461. The first-order valence-electron chi connectivity index (χ1n) is 5.71. The second-order valence-electron chi connectivity index (χ2n) is 5.39. The number of rotatable bonds is 2. The van der Waals surface area contributed by atoms with E-state index in [0.717, 1.165) is 6.54 Å². The zero-order chi connectivity index (χ0) is 11.4. The van der Waals surface area contributed by atoms with E-state index in [2.05, 4.69) is 13.8 Å². The van der Waals surface area contributed by atoms with Crippen LogP contribution < -0.4 is 0 Å². The molecule has 1 heterocycles. The molecule has 0 N–H and O–H groups in total. The molecule has 0 radical (unpaired) electrons. The van der Waals surface area contributed by atoms with E-state index in [1.807, 2.05) is 6.92 Å². The monoisotopic (exact) mass is 209 g/mol. The second kappa shape index (κ2) is 3.06. The molecule has 3 nitrogen and oxygen atoms in total. The molecule has 1 amide bonds. The number of fused-ring (bicyclic) bond motifs is 1. The summed E-state index contributed by atoms with van der Waals surface area (Å²) >= 11 is 0. The van der Waals surface area contributed by atoms with Gasteiger partial charge in [-0.15, -0.1) is 0 Å². The van der Waals surface area contributed by atoms with E-state index < -0.39 is 0 Å². The van der Waals surface area contributed by atoms with Crippen molar-refractivity contribution in [3.05, 3.63) is 0 Å². The summed E-state index contributed by atoms with van der Waals surface area (Å²) in [5.74, 6) is 1.23. The van der Waals surface area contributed by atoms with Crippen molar-refractivity contribution in [2.75, 3.05) is 6.54 Å². The third-order valence-electron chi connectivity index (χ3n) is 4.29. The van der Waals surface area contributed by atoms with Gasteiger partial charge in [0.2, 0.25) is 5.91 Å². The number of hydrogen-bond acceptors (Lipinski definition) is 2. The Morgan fingerprint density at radius 3 is 2.47 bits per heavy atom. The lowest BCUT2D eigenvalue weighted by molar-refractivity contribution is -0.137. The Morgan fingerprint density at radius 1 is 1.40 bits per heavy atom.